The van der Waals surface area contributed by atoms with Gasteiger partial charge in [0.1, 0.15) is 31.0 Å². The minimum atomic E-state index is -1.56. The molecule has 1 heterocycles. The third kappa shape index (κ3) is 2.67. The molecule has 0 aromatic rings. The van der Waals surface area contributed by atoms with Crippen LogP contribution in [0.15, 0.2) is 0 Å². The smallest absolute Gasteiger partial charge is 0.246 e. The minimum absolute atomic E-state index is 0.573. The van der Waals surface area contributed by atoms with E-state index in [-0.39, 0.29) is 0 Å². The predicted molar refractivity (Wildman–Crippen MR) is 49.0 cm³/mol. The normalized spacial score (nSPS) is 39.4. The van der Waals surface area contributed by atoms with Gasteiger partial charge >= 0.3 is 0 Å². The van der Waals surface area contributed by atoms with E-state index in [1.54, 1.807) is 0 Å². The Labute approximate surface area is 91.1 Å². The average molecular weight is 237 g/mol. The number of aliphatic hydroxyl groups excluding tert-OH is 5. The third-order valence-corrected chi connectivity index (χ3v) is 2.37. The first-order valence-corrected chi connectivity index (χ1v) is 4.72. The molecule has 1 amide bonds. The summed E-state index contributed by atoms with van der Waals surface area (Å²) in [6.45, 7) is -1.38. The van der Waals surface area contributed by atoms with Crippen LogP contribution in [0, 0.1) is 0 Å². The van der Waals surface area contributed by atoms with Crippen LogP contribution in [-0.4, -0.2) is 75.3 Å². The highest BCUT2D eigenvalue weighted by atomic mass is 16.6. The zero-order valence-corrected chi connectivity index (χ0v) is 8.35. The van der Waals surface area contributed by atoms with E-state index in [1.165, 1.54) is 0 Å². The molecule has 0 aromatic heterocycles. The summed E-state index contributed by atoms with van der Waals surface area (Å²) in [5.41, 5.74) is 0. The molecule has 5 atom stereocenters. The Kier molecular flexibility index (Phi) is 4.59. The molecule has 1 aliphatic heterocycles. The van der Waals surface area contributed by atoms with Crippen LogP contribution in [-0.2, 0) is 9.53 Å². The molecule has 0 radical (unpaired) electrons. The zero-order chi connectivity index (χ0) is 12.3. The molecule has 0 bridgehead atoms. The highest BCUT2D eigenvalue weighted by Crippen LogP contribution is 2.19. The molecule has 0 spiro atoms. The molecule has 94 valence electrons. The summed E-state index contributed by atoms with van der Waals surface area (Å²) in [4.78, 5) is 10.9. The molecular formula is C8H15NO7. The molecule has 0 aliphatic carbocycles. The zero-order valence-electron chi connectivity index (χ0n) is 8.35. The molecule has 1 saturated heterocycles. The van der Waals surface area contributed by atoms with Crippen LogP contribution in [0.3, 0.4) is 0 Å². The summed E-state index contributed by atoms with van der Waals surface area (Å²) < 4.78 is 4.78. The van der Waals surface area contributed by atoms with E-state index < -0.39 is 49.8 Å². The average Bonchev–Trinajstić information content (AvgIpc) is 2.28. The van der Waals surface area contributed by atoms with E-state index in [9.17, 15) is 20.1 Å². The fourth-order valence-electron chi connectivity index (χ4n) is 1.48. The quantitative estimate of drug-likeness (QED) is 0.293. The number of ether oxygens (including phenoxy) is 1. The maximum Gasteiger partial charge on any atom is 0.246 e. The van der Waals surface area contributed by atoms with Crippen LogP contribution >= 0.6 is 0 Å². The van der Waals surface area contributed by atoms with Gasteiger partial charge in [-0.1, -0.05) is 0 Å². The topological polar surface area (TPSA) is 139 Å². The SMILES string of the molecule is O=C(CO)N[C@@H]1[C@@H](O)[C@H](O)[C@@H](CO)O[C@@H]1O. The van der Waals surface area contributed by atoms with Crippen LogP contribution in [0.4, 0.5) is 0 Å². The Bertz CT molecular complexity index is 249. The lowest BCUT2D eigenvalue weighted by atomic mass is 9.97. The first kappa shape index (κ1) is 13.3. The Morgan fingerprint density at radius 2 is 1.81 bits per heavy atom. The van der Waals surface area contributed by atoms with Crippen LogP contribution in [0.5, 0.6) is 0 Å². The maximum absolute atomic E-state index is 10.9. The van der Waals surface area contributed by atoms with Gasteiger partial charge in [0.05, 0.1) is 6.61 Å². The van der Waals surface area contributed by atoms with Gasteiger partial charge in [-0.2, -0.15) is 0 Å². The monoisotopic (exact) mass is 237 g/mol. The van der Waals surface area contributed by atoms with Gasteiger partial charge in [-0.3, -0.25) is 4.79 Å². The molecule has 1 aliphatic rings. The third-order valence-electron chi connectivity index (χ3n) is 2.37. The summed E-state index contributed by atoms with van der Waals surface area (Å²) in [7, 11) is 0. The second-order valence-corrected chi connectivity index (χ2v) is 3.48. The molecule has 0 saturated carbocycles. The van der Waals surface area contributed by atoms with Crippen molar-refractivity contribution in [1.82, 2.24) is 5.32 Å². The van der Waals surface area contributed by atoms with Crippen molar-refractivity contribution in [3.05, 3.63) is 0 Å². The molecular weight excluding hydrogens is 222 g/mol. The summed E-state index contributed by atoms with van der Waals surface area (Å²) in [5.74, 6) is -0.818. The number of carbonyl (C=O) groups is 1. The number of hydrogen-bond acceptors (Lipinski definition) is 7. The Balaban J connectivity index is 2.67. The van der Waals surface area contributed by atoms with Crippen LogP contribution in [0.1, 0.15) is 0 Å². The Morgan fingerprint density at radius 1 is 1.19 bits per heavy atom. The summed E-state index contributed by atoms with van der Waals surface area (Å²) in [6, 6.07) is -1.25. The van der Waals surface area contributed by atoms with Gasteiger partial charge in [0, 0.05) is 0 Å². The molecule has 1 fully saturated rings. The van der Waals surface area contributed by atoms with Crippen LogP contribution < -0.4 is 5.32 Å². The second-order valence-electron chi connectivity index (χ2n) is 3.48. The molecule has 8 nitrogen and oxygen atoms in total. The van der Waals surface area contributed by atoms with Crippen LogP contribution in [0.25, 0.3) is 0 Å². The minimum Gasteiger partial charge on any atom is -0.394 e. The number of carbonyl (C=O) groups excluding carboxylic acids is 1. The summed E-state index contributed by atoms with van der Waals surface area (Å²) in [6.07, 6.45) is -5.60. The van der Waals surface area contributed by atoms with Crippen molar-refractivity contribution in [1.29, 1.82) is 0 Å². The fraction of sp³-hybridized carbons (Fsp3) is 0.875. The summed E-state index contributed by atoms with van der Waals surface area (Å²) in [5, 5.41) is 47.8. The van der Waals surface area contributed by atoms with Gasteiger partial charge in [-0.15, -0.1) is 0 Å². The number of aliphatic hydroxyl groups is 5. The Morgan fingerprint density at radius 3 is 2.31 bits per heavy atom. The number of nitrogens with one attached hydrogen (secondary N) is 1. The molecule has 6 N–H and O–H groups in total. The molecule has 8 heteroatoms. The lowest BCUT2D eigenvalue weighted by Gasteiger charge is -2.40. The molecule has 0 unspecified atom stereocenters. The lowest BCUT2D eigenvalue weighted by molar-refractivity contribution is -0.254. The van der Waals surface area contributed by atoms with Gasteiger partial charge < -0.3 is 35.6 Å². The first-order valence-electron chi connectivity index (χ1n) is 4.72. The second kappa shape index (κ2) is 5.53. The van der Waals surface area contributed by atoms with Gasteiger partial charge in [0.15, 0.2) is 6.29 Å². The lowest BCUT2D eigenvalue weighted by Crippen LogP contribution is -2.64. The van der Waals surface area contributed by atoms with Crippen molar-refractivity contribution in [2.45, 2.75) is 30.6 Å². The first-order chi connectivity index (χ1) is 7.51. The molecule has 16 heavy (non-hydrogen) atoms. The van der Waals surface area contributed by atoms with Crippen molar-refractivity contribution >= 4 is 5.91 Å². The van der Waals surface area contributed by atoms with E-state index >= 15 is 0 Å². The van der Waals surface area contributed by atoms with Crippen molar-refractivity contribution in [2.24, 2.45) is 0 Å². The van der Waals surface area contributed by atoms with Crippen molar-refractivity contribution in [3.8, 4) is 0 Å². The Hall–Kier alpha value is -0.770. The largest absolute Gasteiger partial charge is 0.394 e. The van der Waals surface area contributed by atoms with E-state index in [4.69, 9.17) is 14.9 Å². The maximum atomic E-state index is 10.9. The van der Waals surface area contributed by atoms with Crippen LogP contribution in [0.2, 0.25) is 0 Å². The highest BCUT2D eigenvalue weighted by molar-refractivity contribution is 5.77. The number of hydrogen-bond donors (Lipinski definition) is 6. The van der Waals surface area contributed by atoms with Crippen molar-refractivity contribution in [3.63, 3.8) is 0 Å². The van der Waals surface area contributed by atoms with E-state index in [1.807, 2.05) is 0 Å². The highest BCUT2D eigenvalue weighted by Gasteiger charge is 2.44. The fourth-order valence-corrected chi connectivity index (χ4v) is 1.48. The standard InChI is InChI=1S/C8H15NO7/c10-1-3-6(13)7(14)5(8(15)16-3)9-4(12)2-11/h3,5-8,10-11,13-15H,1-2H2,(H,9,12)/t3-,5-,6-,7-,8+/m1/s1. The number of rotatable bonds is 3. The van der Waals surface area contributed by atoms with E-state index in [0.29, 0.717) is 0 Å². The van der Waals surface area contributed by atoms with Crippen molar-refractivity contribution in [2.75, 3.05) is 13.2 Å². The van der Waals surface area contributed by atoms with Gasteiger partial charge in [0.2, 0.25) is 5.91 Å². The summed E-state index contributed by atoms with van der Waals surface area (Å²) >= 11 is 0. The van der Waals surface area contributed by atoms with Gasteiger partial charge in [0.25, 0.3) is 0 Å². The molecule has 0 aromatic carbocycles. The van der Waals surface area contributed by atoms with Gasteiger partial charge in [-0.05, 0) is 0 Å². The molecule has 1 rings (SSSR count). The van der Waals surface area contributed by atoms with E-state index in [0.717, 1.165) is 0 Å². The van der Waals surface area contributed by atoms with Gasteiger partial charge in [-0.25, -0.2) is 0 Å². The number of amides is 1. The van der Waals surface area contributed by atoms with E-state index in [2.05, 4.69) is 5.32 Å². The predicted octanol–water partition coefficient (Wildman–Crippen LogP) is -4.11. The van der Waals surface area contributed by atoms with Crippen molar-refractivity contribution < 1.29 is 35.1 Å².